The fourth-order valence-corrected chi connectivity index (χ4v) is 2.04. The summed E-state index contributed by atoms with van der Waals surface area (Å²) in [5.74, 6) is 0.618. The second-order valence-electron chi connectivity index (χ2n) is 4.00. The lowest BCUT2D eigenvalue weighted by Crippen LogP contribution is -2.30. The lowest BCUT2D eigenvalue weighted by Gasteiger charge is -2.16. The van der Waals surface area contributed by atoms with Crippen molar-refractivity contribution in [1.29, 1.82) is 0 Å². The summed E-state index contributed by atoms with van der Waals surface area (Å²) >= 11 is 3.38. The van der Waals surface area contributed by atoms with E-state index >= 15 is 0 Å². The lowest BCUT2D eigenvalue weighted by molar-refractivity contribution is -0.119. The van der Waals surface area contributed by atoms with Crippen LogP contribution < -0.4 is 15.4 Å². The van der Waals surface area contributed by atoms with Crippen LogP contribution in [-0.4, -0.2) is 26.6 Å². The molecule has 1 amide bonds. The van der Waals surface area contributed by atoms with E-state index in [1.165, 1.54) is 0 Å². The predicted molar refractivity (Wildman–Crippen MR) is 77.0 cm³/mol. The van der Waals surface area contributed by atoms with Gasteiger partial charge in [0.15, 0.2) is 0 Å². The molecule has 1 rings (SSSR count). The molecule has 1 unspecified atom stereocenters. The third-order valence-corrected chi connectivity index (χ3v) is 3.23. The van der Waals surface area contributed by atoms with Crippen molar-refractivity contribution in [3.63, 3.8) is 0 Å². The van der Waals surface area contributed by atoms with Crippen LogP contribution in [0.15, 0.2) is 22.7 Å². The van der Waals surface area contributed by atoms with Crippen LogP contribution in [0, 0.1) is 5.92 Å². The first-order valence-electron chi connectivity index (χ1n) is 5.91. The van der Waals surface area contributed by atoms with Crippen molar-refractivity contribution < 1.29 is 9.53 Å². The van der Waals surface area contributed by atoms with Gasteiger partial charge in [-0.1, -0.05) is 22.9 Å². The summed E-state index contributed by atoms with van der Waals surface area (Å²) < 4.78 is 6.13. The molecule has 0 aliphatic carbocycles. The number of carbonyl (C=O) groups excluding carboxylic acids is 1. The topological polar surface area (TPSA) is 50.4 Å². The average molecular weight is 315 g/mol. The van der Waals surface area contributed by atoms with Gasteiger partial charge in [0.1, 0.15) is 5.75 Å². The molecule has 1 atom stereocenters. The third kappa shape index (κ3) is 3.99. The molecule has 0 aromatic heterocycles. The Morgan fingerprint density at radius 3 is 2.78 bits per heavy atom. The maximum Gasteiger partial charge on any atom is 0.228 e. The van der Waals surface area contributed by atoms with Crippen molar-refractivity contribution in [2.24, 2.45) is 5.92 Å². The molecule has 100 valence electrons. The van der Waals surface area contributed by atoms with Crippen LogP contribution in [0.1, 0.15) is 13.3 Å². The summed E-state index contributed by atoms with van der Waals surface area (Å²) in [4.78, 5) is 12.1. The second-order valence-corrected chi connectivity index (χ2v) is 4.91. The first-order valence-corrected chi connectivity index (χ1v) is 6.70. The number of methoxy groups -OCH3 is 1. The normalized spacial score (nSPS) is 12.0. The van der Waals surface area contributed by atoms with E-state index in [4.69, 9.17) is 4.74 Å². The summed E-state index contributed by atoms with van der Waals surface area (Å²) in [6, 6.07) is 5.53. The minimum atomic E-state index is -0.0429. The highest BCUT2D eigenvalue weighted by Gasteiger charge is 2.17. The maximum atomic E-state index is 12.1. The van der Waals surface area contributed by atoms with Crippen LogP contribution in [0.2, 0.25) is 0 Å². The number of amides is 1. The highest BCUT2D eigenvalue weighted by molar-refractivity contribution is 9.10. The largest absolute Gasteiger partial charge is 0.495 e. The zero-order valence-corrected chi connectivity index (χ0v) is 12.5. The first kappa shape index (κ1) is 15.0. The van der Waals surface area contributed by atoms with Gasteiger partial charge >= 0.3 is 0 Å². The Hall–Kier alpha value is -1.07. The minimum absolute atomic E-state index is 0.00301. The van der Waals surface area contributed by atoms with E-state index in [0.29, 0.717) is 18.0 Å². The Bertz CT molecular complexity index is 410. The lowest BCUT2D eigenvalue weighted by atomic mass is 10.1. The summed E-state index contributed by atoms with van der Waals surface area (Å²) in [7, 11) is 3.43. The SMILES string of the molecule is CCC(CNC)C(=O)Nc1cc(Br)ccc1OC. The van der Waals surface area contributed by atoms with Crippen molar-refractivity contribution in [3.05, 3.63) is 22.7 Å². The predicted octanol–water partition coefficient (Wildman–Crippen LogP) is 2.64. The number of nitrogens with one attached hydrogen (secondary N) is 2. The number of ether oxygens (including phenoxy) is 1. The fourth-order valence-electron chi connectivity index (χ4n) is 1.68. The van der Waals surface area contributed by atoms with Crippen LogP contribution in [0.5, 0.6) is 5.75 Å². The number of rotatable bonds is 6. The quantitative estimate of drug-likeness (QED) is 0.848. The van der Waals surface area contributed by atoms with Gasteiger partial charge in [0.25, 0.3) is 0 Å². The molecule has 0 radical (unpaired) electrons. The molecule has 0 aliphatic rings. The number of hydrogen-bond donors (Lipinski definition) is 2. The van der Waals surface area contributed by atoms with E-state index < -0.39 is 0 Å². The monoisotopic (exact) mass is 314 g/mol. The van der Waals surface area contributed by atoms with Gasteiger partial charge in [-0.3, -0.25) is 4.79 Å². The Morgan fingerprint density at radius 1 is 1.50 bits per heavy atom. The number of anilines is 1. The van der Waals surface area contributed by atoms with Crippen LogP contribution >= 0.6 is 15.9 Å². The number of carbonyl (C=O) groups is 1. The Labute approximate surface area is 116 Å². The molecule has 18 heavy (non-hydrogen) atoms. The average Bonchev–Trinajstić information content (AvgIpc) is 2.36. The molecule has 0 heterocycles. The second kappa shape index (κ2) is 7.38. The minimum Gasteiger partial charge on any atom is -0.495 e. The van der Waals surface area contributed by atoms with Gasteiger partial charge in [0, 0.05) is 11.0 Å². The Kier molecular flexibility index (Phi) is 6.15. The molecule has 4 nitrogen and oxygen atoms in total. The third-order valence-electron chi connectivity index (χ3n) is 2.73. The van der Waals surface area contributed by atoms with Gasteiger partial charge in [-0.15, -0.1) is 0 Å². The van der Waals surface area contributed by atoms with Crippen molar-refractivity contribution in [2.75, 3.05) is 26.0 Å². The summed E-state index contributed by atoms with van der Waals surface area (Å²) in [5.41, 5.74) is 0.687. The summed E-state index contributed by atoms with van der Waals surface area (Å²) in [5, 5.41) is 5.93. The molecule has 0 bridgehead atoms. The van der Waals surface area contributed by atoms with E-state index in [9.17, 15) is 4.79 Å². The zero-order chi connectivity index (χ0) is 13.5. The summed E-state index contributed by atoms with van der Waals surface area (Å²) in [6.45, 7) is 2.67. The molecule has 1 aromatic carbocycles. The zero-order valence-electron chi connectivity index (χ0n) is 10.9. The molecule has 0 fully saturated rings. The van der Waals surface area contributed by atoms with Gasteiger partial charge in [-0.05, 0) is 31.7 Å². The van der Waals surface area contributed by atoms with Crippen molar-refractivity contribution in [3.8, 4) is 5.75 Å². The van der Waals surface area contributed by atoms with Crippen LogP contribution in [0.3, 0.4) is 0 Å². The Morgan fingerprint density at radius 2 is 2.22 bits per heavy atom. The van der Waals surface area contributed by atoms with E-state index in [2.05, 4.69) is 26.6 Å². The molecule has 5 heteroatoms. The Balaban J connectivity index is 2.82. The standard InChI is InChI=1S/C13H19BrN2O2/c1-4-9(8-15-2)13(17)16-11-7-10(14)5-6-12(11)18-3/h5-7,9,15H,4,8H2,1-3H3,(H,16,17). The van der Waals surface area contributed by atoms with Crippen molar-refractivity contribution >= 4 is 27.5 Å². The number of benzene rings is 1. The number of halogens is 1. The number of hydrogen-bond acceptors (Lipinski definition) is 3. The molecule has 1 aromatic rings. The first-order chi connectivity index (χ1) is 8.62. The van der Waals surface area contributed by atoms with Crippen molar-refractivity contribution in [1.82, 2.24) is 5.32 Å². The molecular weight excluding hydrogens is 296 g/mol. The fraction of sp³-hybridized carbons (Fsp3) is 0.462. The van der Waals surface area contributed by atoms with E-state index in [-0.39, 0.29) is 11.8 Å². The van der Waals surface area contributed by atoms with E-state index in [1.54, 1.807) is 7.11 Å². The highest BCUT2D eigenvalue weighted by atomic mass is 79.9. The summed E-state index contributed by atoms with van der Waals surface area (Å²) in [6.07, 6.45) is 0.795. The molecule has 0 saturated carbocycles. The molecule has 2 N–H and O–H groups in total. The molecule has 0 spiro atoms. The van der Waals surface area contributed by atoms with Gasteiger partial charge in [-0.25, -0.2) is 0 Å². The highest BCUT2D eigenvalue weighted by Crippen LogP contribution is 2.28. The van der Waals surface area contributed by atoms with Crippen LogP contribution in [0.4, 0.5) is 5.69 Å². The maximum absolute atomic E-state index is 12.1. The van der Waals surface area contributed by atoms with Crippen LogP contribution in [0.25, 0.3) is 0 Å². The smallest absolute Gasteiger partial charge is 0.228 e. The van der Waals surface area contributed by atoms with Gasteiger partial charge in [-0.2, -0.15) is 0 Å². The van der Waals surface area contributed by atoms with Gasteiger partial charge < -0.3 is 15.4 Å². The molecule has 0 saturated heterocycles. The van der Waals surface area contributed by atoms with E-state index in [0.717, 1.165) is 10.9 Å². The van der Waals surface area contributed by atoms with Crippen molar-refractivity contribution in [2.45, 2.75) is 13.3 Å². The molecular formula is C13H19BrN2O2. The van der Waals surface area contributed by atoms with Crippen LogP contribution in [-0.2, 0) is 4.79 Å². The van der Waals surface area contributed by atoms with E-state index in [1.807, 2.05) is 32.2 Å². The van der Waals surface area contributed by atoms with Gasteiger partial charge in [0.05, 0.1) is 18.7 Å². The van der Waals surface area contributed by atoms with Gasteiger partial charge in [0.2, 0.25) is 5.91 Å². The molecule has 0 aliphatic heterocycles.